The Hall–Kier alpha value is -5.25. The molecule has 0 radical (unpaired) electrons. The first-order valence-electron chi connectivity index (χ1n) is 19.6. The Morgan fingerprint density at radius 2 is 1.66 bits per heavy atom. The highest BCUT2D eigenvalue weighted by atomic mass is 35.5. The molecule has 1 aliphatic heterocycles. The van der Waals surface area contributed by atoms with Crippen molar-refractivity contribution in [2.24, 2.45) is 0 Å². The van der Waals surface area contributed by atoms with E-state index < -0.39 is 14.9 Å². The van der Waals surface area contributed by atoms with Crippen LogP contribution in [0.15, 0.2) is 131 Å². The SMILES string of the molecule is CCN(C)CC[C@H](CSc1ccccc1)Nc1ccc(S(=O)(=O)Nc2ncnc3cc(N4CCN(Cc5ccccc5-c5ccc(Cl)cc5)CC4)ccc23)cc1[N+](=O)[O-]. The summed E-state index contributed by atoms with van der Waals surface area (Å²) in [5.41, 5.74) is 5.09. The molecule has 2 N–H and O–H groups in total. The van der Waals surface area contributed by atoms with E-state index in [-0.39, 0.29) is 28.1 Å². The summed E-state index contributed by atoms with van der Waals surface area (Å²) in [7, 11) is -2.24. The van der Waals surface area contributed by atoms with Crippen molar-refractivity contribution in [1.82, 2.24) is 19.8 Å². The maximum absolute atomic E-state index is 13.8. The van der Waals surface area contributed by atoms with Crippen LogP contribution in [-0.2, 0) is 16.6 Å². The summed E-state index contributed by atoms with van der Waals surface area (Å²) in [4.78, 5) is 28.3. The molecule has 0 aliphatic carbocycles. The van der Waals surface area contributed by atoms with Gasteiger partial charge in [0.05, 0.1) is 15.3 Å². The smallest absolute Gasteiger partial charge is 0.293 e. The number of nitro benzene ring substituents is 1. The van der Waals surface area contributed by atoms with Crippen molar-refractivity contribution in [2.75, 3.05) is 67.0 Å². The normalized spacial score (nSPS) is 14.1. The molecule has 59 heavy (non-hydrogen) atoms. The Morgan fingerprint density at radius 1 is 0.915 bits per heavy atom. The van der Waals surface area contributed by atoms with Crippen molar-refractivity contribution in [3.63, 3.8) is 0 Å². The number of piperazine rings is 1. The molecule has 6 aromatic rings. The fraction of sp³-hybridized carbons (Fsp3) is 0.273. The van der Waals surface area contributed by atoms with Crippen LogP contribution in [0.2, 0.25) is 5.02 Å². The maximum atomic E-state index is 13.8. The molecule has 1 aromatic heterocycles. The number of nitrogens with zero attached hydrogens (tertiary/aromatic N) is 6. The van der Waals surface area contributed by atoms with E-state index in [0.29, 0.717) is 21.7 Å². The van der Waals surface area contributed by atoms with E-state index in [1.807, 2.05) is 67.7 Å². The van der Waals surface area contributed by atoms with Gasteiger partial charge in [-0.3, -0.25) is 19.7 Å². The number of sulfonamides is 1. The Labute approximate surface area is 354 Å². The number of hydrogen-bond donors (Lipinski definition) is 2. The van der Waals surface area contributed by atoms with Gasteiger partial charge in [0.15, 0.2) is 5.82 Å². The number of hydrogen-bond acceptors (Lipinski definition) is 11. The summed E-state index contributed by atoms with van der Waals surface area (Å²) in [5, 5.41) is 16.9. The minimum atomic E-state index is -4.27. The number of halogens is 1. The molecule has 1 saturated heterocycles. The van der Waals surface area contributed by atoms with Gasteiger partial charge in [0, 0.05) is 71.6 Å². The summed E-state index contributed by atoms with van der Waals surface area (Å²) < 4.78 is 30.1. The van der Waals surface area contributed by atoms with Gasteiger partial charge in [0.25, 0.3) is 15.7 Å². The molecule has 1 aliphatic rings. The van der Waals surface area contributed by atoms with Crippen molar-refractivity contribution in [2.45, 2.75) is 35.7 Å². The molecule has 0 amide bonds. The first-order chi connectivity index (χ1) is 28.6. The van der Waals surface area contributed by atoms with Gasteiger partial charge in [-0.05, 0) is 97.8 Å². The lowest BCUT2D eigenvalue weighted by atomic mass is 9.99. The van der Waals surface area contributed by atoms with E-state index in [4.69, 9.17) is 11.6 Å². The van der Waals surface area contributed by atoms with E-state index in [2.05, 4.69) is 78.0 Å². The maximum Gasteiger partial charge on any atom is 0.293 e. The Morgan fingerprint density at radius 3 is 2.41 bits per heavy atom. The highest BCUT2D eigenvalue weighted by Gasteiger charge is 2.25. The molecular weight excluding hydrogens is 804 g/mol. The molecule has 12 nitrogen and oxygen atoms in total. The second kappa shape index (κ2) is 19.2. The molecule has 1 atom stereocenters. The molecule has 0 saturated carbocycles. The molecule has 15 heteroatoms. The lowest BCUT2D eigenvalue weighted by Crippen LogP contribution is -2.46. The van der Waals surface area contributed by atoms with E-state index in [1.165, 1.54) is 29.6 Å². The number of rotatable bonds is 17. The molecule has 0 unspecified atom stereocenters. The third-order valence-electron chi connectivity index (χ3n) is 10.6. The Kier molecular flexibility index (Phi) is 13.6. The molecule has 1 fully saturated rings. The van der Waals surface area contributed by atoms with Gasteiger partial charge in [-0.2, -0.15) is 0 Å². The van der Waals surface area contributed by atoms with Crippen LogP contribution in [0.4, 0.5) is 22.9 Å². The Balaban J connectivity index is 1.02. The third kappa shape index (κ3) is 10.7. The number of benzene rings is 5. The van der Waals surface area contributed by atoms with Gasteiger partial charge in [0.1, 0.15) is 12.0 Å². The fourth-order valence-corrected chi connectivity index (χ4v) is 9.27. The predicted molar refractivity (Wildman–Crippen MR) is 240 cm³/mol. The van der Waals surface area contributed by atoms with E-state index in [0.717, 1.165) is 74.4 Å². The zero-order valence-corrected chi connectivity index (χ0v) is 35.4. The number of aromatic nitrogens is 2. The highest BCUT2D eigenvalue weighted by molar-refractivity contribution is 7.99. The second-order valence-corrected chi connectivity index (χ2v) is 17.8. The van der Waals surface area contributed by atoms with Gasteiger partial charge < -0.3 is 15.1 Å². The van der Waals surface area contributed by atoms with Crippen molar-refractivity contribution < 1.29 is 13.3 Å². The summed E-state index contributed by atoms with van der Waals surface area (Å²) >= 11 is 7.81. The monoisotopic (exact) mass is 850 g/mol. The topological polar surface area (TPSA) is 137 Å². The number of nitrogens with one attached hydrogen (secondary N) is 2. The zero-order valence-electron chi connectivity index (χ0n) is 33.0. The summed E-state index contributed by atoms with van der Waals surface area (Å²) in [6.07, 6.45) is 2.06. The van der Waals surface area contributed by atoms with E-state index >= 15 is 0 Å². The second-order valence-electron chi connectivity index (χ2n) is 14.5. The van der Waals surface area contributed by atoms with Gasteiger partial charge in [-0.1, -0.05) is 73.1 Å². The lowest BCUT2D eigenvalue weighted by Gasteiger charge is -2.36. The average Bonchev–Trinajstić information content (AvgIpc) is 3.25. The van der Waals surface area contributed by atoms with Gasteiger partial charge >= 0.3 is 0 Å². The average molecular weight is 851 g/mol. The molecule has 0 bridgehead atoms. The third-order valence-corrected chi connectivity index (χ3v) is 13.3. The van der Waals surface area contributed by atoms with Crippen molar-refractivity contribution >= 4 is 67.2 Å². The molecule has 2 heterocycles. The summed E-state index contributed by atoms with van der Waals surface area (Å²) in [6.45, 7) is 7.93. The number of nitro groups is 1. The number of anilines is 3. The largest absolute Gasteiger partial charge is 0.376 e. The van der Waals surface area contributed by atoms with E-state index in [1.54, 1.807) is 11.8 Å². The molecular formula is C44H47ClN8O4S2. The minimum Gasteiger partial charge on any atom is -0.376 e. The van der Waals surface area contributed by atoms with E-state index in [9.17, 15) is 18.5 Å². The molecule has 306 valence electrons. The zero-order chi connectivity index (χ0) is 41.4. The summed E-state index contributed by atoms with van der Waals surface area (Å²) in [5.74, 6) is 0.758. The van der Waals surface area contributed by atoms with Crippen LogP contribution >= 0.6 is 23.4 Å². The first kappa shape index (κ1) is 41.9. The van der Waals surface area contributed by atoms with Crippen LogP contribution in [0.1, 0.15) is 18.9 Å². The lowest BCUT2D eigenvalue weighted by molar-refractivity contribution is -0.384. The number of thioether (sulfide) groups is 1. The number of fused-ring (bicyclic) bond motifs is 1. The van der Waals surface area contributed by atoms with Crippen LogP contribution in [0.5, 0.6) is 0 Å². The van der Waals surface area contributed by atoms with Crippen molar-refractivity contribution in [3.8, 4) is 11.1 Å². The van der Waals surface area contributed by atoms with Crippen LogP contribution in [0.25, 0.3) is 22.0 Å². The minimum absolute atomic E-state index is 0.0913. The van der Waals surface area contributed by atoms with Crippen LogP contribution in [0, 0.1) is 10.1 Å². The van der Waals surface area contributed by atoms with Crippen LogP contribution in [0.3, 0.4) is 0 Å². The van der Waals surface area contributed by atoms with Gasteiger partial charge in [-0.25, -0.2) is 18.4 Å². The molecule has 0 spiro atoms. The van der Waals surface area contributed by atoms with Crippen LogP contribution < -0.4 is 14.9 Å². The van der Waals surface area contributed by atoms with Crippen molar-refractivity contribution in [1.29, 1.82) is 0 Å². The van der Waals surface area contributed by atoms with Crippen molar-refractivity contribution in [3.05, 3.63) is 142 Å². The standard InChI is InChI=1S/C44H47ClN8O4S2/c1-3-50(2)22-21-35(30-58-37-10-5-4-6-11-37)48-41-20-18-38(28-43(41)53(54)55)59(56,57)49-44-40-19-17-36(27-42(40)46-31-47-44)52-25-23-51(24-26-52)29-33-9-7-8-12-39(33)32-13-15-34(45)16-14-32/h4-20,27-28,31,35,48H,3,21-26,29-30H2,1-2H3,(H,46,47,49)/t35-/m1/s1. The fourth-order valence-electron chi connectivity index (χ4n) is 7.10. The van der Waals surface area contributed by atoms with Gasteiger partial charge in [-0.15, -0.1) is 11.8 Å². The quantitative estimate of drug-likeness (QED) is 0.0517. The summed E-state index contributed by atoms with van der Waals surface area (Å²) in [6, 6.07) is 35.9. The highest BCUT2D eigenvalue weighted by Crippen LogP contribution is 2.33. The Bertz CT molecular complexity index is 2490. The predicted octanol–water partition coefficient (Wildman–Crippen LogP) is 8.90. The molecule has 5 aromatic carbocycles. The van der Waals surface area contributed by atoms with Crippen LogP contribution in [-0.4, -0.2) is 91.2 Å². The molecule has 7 rings (SSSR count). The first-order valence-corrected chi connectivity index (χ1v) is 22.4. The van der Waals surface area contributed by atoms with Gasteiger partial charge in [0.2, 0.25) is 0 Å².